The van der Waals surface area contributed by atoms with Crippen molar-refractivity contribution in [3.8, 4) is 0 Å². The zero-order valence-electron chi connectivity index (χ0n) is 12.8. The fourth-order valence-electron chi connectivity index (χ4n) is 2.21. The van der Waals surface area contributed by atoms with Gasteiger partial charge in [0.15, 0.2) is 0 Å². The number of nitrogens with one attached hydrogen (secondary N) is 1. The second-order valence-corrected chi connectivity index (χ2v) is 6.49. The lowest BCUT2D eigenvalue weighted by Gasteiger charge is -2.33. The molecule has 1 rings (SSSR count). The van der Waals surface area contributed by atoms with Gasteiger partial charge in [-0.25, -0.2) is 0 Å². The number of aliphatic hydroxyl groups excluding tert-OH is 1. The van der Waals surface area contributed by atoms with Gasteiger partial charge in [-0.2, -0.15) is 0 Å². The highest BCUT2D eigenvalue weighted by atomic mass is 16.3. The van der Waals surface area contributed by atoms with Crippen molar-refractivity contribution in [2.24, 2.45) is 5.41 Å². The van der Waals surface area contributed by atoms with Crippen molar-refractivity contribution >= 4 is 5.91 Å². The van der Waals surface area contributed by atoms with E-state index in [0.29, 0.717) is 13.0 Å². The van der Waals surface area contributed by atoms with Crippen LogP contribution in [-0.2, 0) is 4.79 Å². The highest BCUT2D eigenvalue weighted by Crippen LogP contribution is 2.18. The zero-order chi connectivity index (χ0) is 14.5. The van der Waals surface area contributed by atoms with Gasteiger partial charge in [0.05, 0.1) is 6.61 Å². The van der Waals surface area contributed by atoms with Crippen molar-refractivity contribution in [1.29, 1.82) is 0 Å². The zero-order valence-corrected chi connectivity index (χ0v) is 12.8. The molecule has 1 unspecified atom stereocenters. The van der Waals surface area contributed by atoms with Crippen LogP contribution in [0, 0.1) is 5.41 Å². The molecule has 1 aliphatic heterocycles. The summed E-state index contributed by atoms with van der Waals surface area (Å²) in [5.41, 5.74) is 0.00559. The number of carbonyl (C=O) groups is 1. The molecule has 1 fully saturated rings. The molecule has 19 heavy (non-hydrogen) atoms. The summed E-state index contributed by atoms with van der Waals surface area (Å²) >= 11 is 0. The predicted octanol–water partition coefficient (Wildman–Crippen LogP) is 0.147. The first-order valence-corrected chi connectivity index (χ1v) is 7.15. The Morgan fingerprint density at radius 1 is 1.26 bits per heavy atom. The molecule has 0 aliphatic carbocycles. The monoisotopic (exact) mass is 271 g/mol. The summed E-state index contributed by atoms with van der Waals surface area (Å²) in [4.78, 5) is 16.2. The Morgan fingerprint density at radius 2 is 1.84 bits per heavy atom. The minimum absolute atomic E-state index is 0.00559. The number of hydrogen-bond acceptors (Lipinski definition) is 4. The lowest BCUT2D eigenvalue weighted by molar-refractivity contribution is -0.132. The quantitative estimate of drug-likeness (QED) is 0.747. The molecule has 0 radical (unpaired) electrons. The summed E-state index contributed by atoms with van der Waals surface area (Å²) < 4.78 is 0. The third kappa shape index (κ3) is 5.47. The topological polar surface area (TPSA) is 55.8 Å². The minimum atomic E-state index is 0.00559. The molecule has 5 nitrogen and oxygen atoms in total. The molecule has 1 amide bonds. The molecule has 0 spiro atoms. The number of rotatable bonds is 5. The van der Waals surface area contributed by atoms with Gasteiger partial charge in [-0.3, -0.25) is 4.79 Å². The third-order valence-electron chi connectivity index (χ3n) is 3.81. The van der Waals surface area contributed by atoms with Crippen LogP contribution in [0.5, 0.6) is 0 Å². The summed E-state index contributed by atoms with van der Waals surface area (Å²) in [6.45, 7) is 10.6. The number of amides is 1. The summed E-state index contributed by atoms with van der Waals surface area (Å²) in [7, 11) is 2.08. The Bertz CT molecular complexity index is 281. The van der Waals surface area contributed by atoms with Crippen molar-refractivity contribution in [1.82, 2.24) is 15.1 Å². The number of carbonyl (C=O) groups excluding carboxylic acids is 1. The normalized spacial score (nSPS) is 19.5. The van der Waals surface area contributed by atoms with E-state index in [1.165, 1.54) is 0 Å². The largest absolute Gasteiger partial charge is 0.395 e. The lowest BCUT2D eigenvalue weighted by atomic mass is 9.87. The summed E-state index contributed by atoms with van der Waals surface area (Å²) in [6.07, 6.45) is 0.510. The van der Waals surface area contributed by atoms with Crippen LogP contribution in [0.2, 0.25) is 0 Å². The number of piperazine rings is 1. The van der Waals surface area contributed by atoms with Crippen molar-refractivity contribution < 1.29 is 9.90 Å². The van der Waals surface area contributed by atoms with Crippen molar-refractivity contribution in [2.45, 2.75) is 33.2 Å². The molecule has 2 N–H and O–H groups in total. The van der Waals surface area contributed by atoms with Gasteiger partial charge in [0.2, 0.25) is 5.91 Å². The Labute approximate surface area is 117 Å². The van der Waals surface area contributed by atoms with E-state index in [-0.39, 0.29) is 24.0 Å². The first-order valence-electron chi connectivity index (χ1n) is 7.15. The van der Waals surface area contributed by atoms with E-state index in [4.69, 9.17) is 0 Å². The molecule has 1 saturated heterocycles. The molecular formula is C14H29N3O2. The average molecular weight is 271 g/mol. The summed E-state index contributed by atoms with van der Waals surface area (Å²) in [5.74, 6) is 0.214. The first-order chi connectivity index (χ1) is 8.84. The molecular weight excluding hydrogens is 242 g/mol. The molecule has 5 heteroatoms. The highest BCUT2D eigenvalue weighted by Gasteiger charge is 2.24. The van der Waals surface area contributed by atoms with E-state index in [2.05, 4.69) is 38.0 Å². The first kappa shape index (κ1) is 16.4. The average Bonchev–Trinajstić information content (AvgIpc) is 2.33. The fraction of sp³-hybridized carbons (Fsp3) is 0.929. The van der Waals surface area contributed by atoms with E-state index < -0.39 is 0 Å². The van der Waals surface area contributed by atoms with Crippen molar-refractivity contribution in [3.05, 3.63) is 0 Å². The number of hydrogen-bond donors (Lipinski definition) is 2. The smallest absolute Gasteiger partial charge is 0.223 e. The molecule has 112 valence electrons. The maximum atomic E-state index is 12.0. The minimum Gasteiger partial charge on any atom is -0.395 e. The van der Waals surface area contributed by atoms with E-state index in [0.717, 1.165) is 26.2 Å². The van der Waals surface area contributed by atoms with E-state index >= 15 is 0 Å². The van der Waals surface area contributed by atoms with Crippen LogP contribution in [0.15, 0.2) is 0 Å². The van der Waals surface area contributed by atoms with E-state index in [1.807, 2.05) is 4.90 Å². The van der Waals surface area contributed by atoms with Gasteiger partial charge in [-0.05, 0) is 12.5 Å². The molecule has 1 atom stereocenters. The van der Waals surface area contributed by atoms with Gasteiger partial charge < -0.3 is 20.2 Å². The predicted molar refractivity (Wildman–Crippen MR) is 77.0 cm³/mol. The van der Waals surface area contributed by atoms with E-state index in [9.17, 15) is 9.90 Å². The summed E-state index contributed by atoms with van der Waals surface area (Å²) in [6, 6.07) is 0.0350. The standard InChI is InChI=1S/C14H29N3O2/c1-14(2,3)12(11-18)15-6-5-13(19)17-9-7-16(4)8-10-17/h12,15,18H,5-11H2,1-4H3. The maximum absolute atomic E-state index is 12.0. The van der Waals surface area contributed by atoms with Crippen LogP contribution >= 0.6 is 0 Å². The number of nitrogens with zero attached hydrogens (tertiary/aromatic N) is 2. The van der Waals surface area contributed by atoms with Crippen molar-refractivity contribution in [2.75, 3.05) is 46.4 Å². The lowest BCUT2D eigenvalue weighted by Crippen LogP contribution is -2.48. The highest BCUT2D eigenvalue weighted by molar-refractivity contribution is 5.76. The molecule has 0 aromatic heterocycles. The molecule has 0 saturated carbocycles. The summed E-state index contributed by atoms with van der Waals surface area (Å²) in [5, 5.41) is 12.6. The Kier molecular flexibility index (Phi) is 6.23. The Balaban J connectivity index is 2.27. The van der Waals surface area contributed by atoms with Crippen LogP contribution in [0.1, 0.15) is 27.2 Å². The fourth-order valence-corrected chi connectivity index (χ4v) is 2.21. The second-order valence-electron chi connectivity index (χ2n) is 6.49. The van der Waals surface area contributed by atoms with Gasteiger partial charge in [-0.15, -0.1) is 0 Å². The Hall–Kier alpha value is -0.650. The third-order valence-corrected chi connectivity index (χ3v) is 3.81. The molecule has 0 bridgehead atoms. The van der Waals surface area contributed by atoms with E-state index in [1.54, 1.807) is 0 Å². The van der Waals surface area contributed by atoms with Crippen molar-refractivity contribution in [3.63, 3.8) is 0 Å². The molecule has 0 aromatic carbocycles. The SMILES string of the molecule is CN1CCN(C(=O)CCNC(CO)C(C)(C)C)CC1. The van der Waals surface area contributed by atoms with Gasteiger partial charge in [-0.1, -0.05) is 20.8 Å². The van der Waals surface area contributed by atoms with Gasteiger partial charge >= 0.3 is 0 Å². The van der Waals surface area contributed by atoms with Crippen LogP contribution in [-0.4, -0.2) is 73.2 Å². The number of likely N-dealkylation sites (N-methyl/N-ethyl adjacent to an activating group) is 1. The van der Waals surface area contributed by atoms with Crippen LogP contribution < -0.4 is 5.32 Å². The van der Waals surface area contributed by atoms with Crippen LogP contribution in [0.3, 0.4) is 0 Å². The molecule has 0 aromatic rings. The van der Waals surface area contributed by atoms with Gasteiger partial charge in [0.1, 0.15) is 0 Å². The van der Waals surface area contributed by atoms with Crippen LogP contribution in [0.4, 0.5) is 0 Å². The maximum Gasteiger partial charge on any atom is 0.223 e. The van der Waals surface area contributed by atoms with Gasteiger partial charge in [0.25, 0.3) is 0 Å². The van der Waals surface area contributed by atoms with Crippen LogP contribution in [0.25, 0.3) is 0 Å². The Morgan fingerprint density at radius 3 is 2.32 bits per heavy atom. The van der Waals surface area contributed by atoms with Gasteiger partial charge in [0, 0.05) is 45.2 Å². The second kappa shape index (κ2) is 7.22. The molecule has 1 aliphatic rings. The number of aliphatic hydroxyl groups is 1. The molecule has 1 heterocycles.